The van der Waals surface area contributed by atoms with Gasteiger partial charge in [-0.1, -0.05) is 42.5 Å². The summed E-state index contributed by atoms with van der Waals surface area (Å²) in [6, 6.07) is 16.2. The molecule has 0 unspecified atom stereocenters. The smallest absolute Gasteiger partial charge is 0.223 e. The van der Waals surface area contributed by atoms with Gasteiger partial charge in [-0.05, 0) is 24.6 Å². The van der Waals surface area contributed by atoms with Crippen LogP contribution in [0.5, 0.6) is 5.75 Å². The minimum Gasteiger partial charge on any atom is -0.463 e. The lowest BCUT2D eigenvalue weighted by atomic mass is 9.95. The molecule has 2 N–H and O–H groups in total. The molecule has 2 aliphatic heterocycles. The number of amides is 1. The van der Waals surface area contributed by atoms with E-state index in [9.17, 15) is 9.90 Å². The first-order valence-corrected chi connectivity index (χ1v) is 9.67. The zero-order valence-electron chi connectivity index (χ0n) is 16.4. The van der Waals surface area contributed by atoms with Crippen molar-refractivity contribution in [2.24, 2.45) is 0 Å². The Morgan fingerprint density at radius 3 is 2.66 bits per heavy atom. The summed E-state index contributed by atoms with van der Waals surface area (Å²) in [4.78, 5) is 11.8. The van der Waals surface area contributed by atoms with Crippen LogP contribution in [0.3, 0.4) is 0 Å². The molecule has 0 bridgehead atoms. The molecule has 0 spiro atoms. The van der Waals surface area contributed by atoms with Crippen molar-refractivity contribution in [3.8, 4) is 5.75 Å². The second kappa shape index (κ2) is 8.51. The molecular formula is C22H25NO6. The lowest BCUT2D eigenvalue weighted by Crippen LogP contribution is -2.67. The van der Waals surface area contributed by atoms with E-state index in [1.807, 2.05) is 55.5 Å². The van der Waals surface area contributed by atoms with Crippen LogP contribution in [0.1, 0.15) is 24.3 Å². The summed E-state index contributed by atoms with van der Waals surface area (Å²) >= 11 is 0. The second-order valence-electron chi connectivity index (χ2n) is 7.37. The molecule has 2 aliphatic rings. The Bertz CT molecular complexity index is 844. The summed E-state index contributed by atoms with van der Waals surface area (Å²) in [7, 11) is 0. The van der Waals surface area contributed by atoms with E-state index < -0.39 is 36.9 Å². The molecule has 2 heterocycles. The van der Waals surface area contributed by atoms with Gasteiger partial charge in [-0.2, -0.15) is 0 Å². The third kappa shape index (κ3) is 4.43. The fraction of sp³-hybridized carbons (Fsp3) is 0.409. The van der Waals surface area contributed by atoms with Crippen molar-refractivity contribution in [3.05, 3.63) is 65.7 Å². The highest BCUT2D eigenvalue weighted by Crippen LogP contribution is 2.34. The molecule has 6 atom stereocenters. The molecule has 0 radical (unpaired) electrons. The van der Waals surface area contributed by atoms with Crippen molar-refractivity contribution in [2.45, 2.75) is 50.8 Å². The summed E-state index contributed by atoms with van der Waals surface area (Å²) < 4.78 is 23.9. The molecule has 7 heteroatoms. The van der Waals surface area contributed by atoms with Gasteiger partial charge in [0, 0.05) is 12.5 Å². The van der Waals surface area contributed by atoms with Gasteiger partial charge in [0.1, 0.15) is 30.1 Å². The number of hydrogen-bond donors (Lipinski definition) is 2. The van der Waals surface area contributed by atoms with Crippen molar-refractivity contribution in [1.29, 1.82) is 0 Å². The number of hydrogen-bond acceptors (Lipinski definition) is 6. The number of aryl methyl sites for hydroxylation is 1. The van der Waals surface area contributed by atoms with E-state index in [2.05, 4.69) is 5.32 Å². The van der Waals surface area contributed by atoms with E-state index in [1.165, 1.54) is 6.92 Å². The van der Waals surface area contributed by atoms with Crippen LogP contribution >= 0.6 is 0 Å². The second-order valence-corrected chi connectivity index (χ2v) is 7.37. The zero-order chi connectivity index (χ0) is 20.4. The Balaban J connectivity index is 1.54. The van der Waals surface area contributed by atoms with Gasteiger partial charge in [0.25, 0.3) is 0 Å². The molecule has 0 saturated carbocycles. The summed E-state index contributed by atoms with van der Waals surface area (Å²) in [5, 5.41) is 13.8. The summed E-state index contributed by atoms with van der Waals surface area (Å²) in [6.45, 7) is 3.58. The quantitative estimate of drug-likeness (QED) is 0.819. The summed E-state index contributed by atoms with van der Waals surface area (Å²) in [5.74, 6) is 0.302. The molecule has 4 rings (SSSR count). The Morgan fingerprint density at radius 1 is 1.14 bits per heavy atom. The number of ether oxygens (including phenoxy) is 4. The predicted molar refractivity (Wildman–Crippen MR) is 104 cm³/mol. The van der Waals surface area contributed by atoms with Gasteiger partial charge in [-0.15, -0.1) is 0 Å². The van der Waals surface area contributed by atoms with Gasteiger partial charge in [0.15, 0.2) is 6.29 Å². The maximum Gasteiger partial charge on any atom is 0.223 e. The first-order chi connectivity index (χ1) is 14.0. The molecule has 154 valence electrons. The number of aliphatic hydroxyl groups excluding tert-OH is 1. The largest absolute Gasteiger partial charge is 0.463 e. The highest BCUT2D eigenvalue weighted by Gasteiger charge is 2.50. The standard InChI is InChI=1S/C22H25NO6/c1-13-7-6-10-16(11-13)27-22-18(23-14(2)24)19(25)20-17(28-22)12-26-21(29-20)15-8-4-3-5-9-15/h3-11,17-22,25H,12H2,1-2H3,(H,23,24)/t17-,18-,19-,20-,21-,22-/m1/s1. The van der Waals surface area contributed by atoms with Crippen molar-refractivity contribution in [2.75, 3.05) is 6.61 Å². The minimum absolute atomic E-state index is 0.238. The zero-order valence-corrected chi connectivity index (χ0v) is 16.4. The SMILES string of the molecule is CC(=O)N[C@H]1[C@H](Oc2cccc(C)c2)O[C@@H]2CO[C@@H](c3ccccc3)O[C@H]2[C@@H]1O. The number of fused-ring (bicyclic) bond motifs is 1. The van der Waals surface area contributed by atoms with Crippen molar-refractivity contribution in [1.82, 2.24) is 5.32 Å². The van der Waals surface area contributed by atoms with Crippen molar-refractivity contribution >= 4 is 5.91 Å². The fourth-order valence-electron chi connectivity index (χ4n) is 3.68. The average molecular weight is 399 g/mol. The lowest BCUT2D eigenvalue weighted by molar-refractivity contribution is -0.333. The third-order valence-corrected chi connectivity index (χ3v) is 5.05. The van der Waals surface area contributed by atoms with E-state index in [1.54, 1.807) is 6.07 Å². The number of aliphatic hydroxyl groups is 1. The van der Waals surface area contributed by atoms with Crippen LogP contribution in [0.15, 0.2) is 54.6 Å². The molecule has 29 heavy (non-hydrogen) atoms. The first kappa shape index (κ1) is 19.8. The average Bonchev–Trinajstić information content (AvgIpc) is 2.71. The van der Waals surface area contributed by atoms with Crippen LogP contribution in [0.25, 0.3) is 0 Å². The number of rotatable bonds is 4. The van der Waals surface area contributed by atoms with Crippen LogP contribution in [0.2, 0.25) is 0 Å². The minimum atomic E-state index is -1.03. The van der Waals surface area contributed by atoms with E-state index in [0.29, 0.717) is 5.75 Å². The highest BCUT2D eigenvalue weighted by atomic mass is 16.7. The molecule has 2 saturated heterocycles. The van der Waals surface area contributed by atoms with Gasteiger partial charge >= 0.3 is 0 Å². The van der Waals surface area contributed by atoms with Crippen LogP contribution in [-0.2, 0) is 19.0 Å². The third-order valence-electron chi connectivity index (χ3n) is 5.05. The molecule has 2 aromatic carbocycles. The Labute approximate surface area is 169 Å². The molecule has 2 aromatic rings. The van der Waals surface area contributed by atoms with Gasteiger partial charge in [-0.25, -0.2) is 0 Å². The van der Waals surface area contributed by atoms with Crippen LogP contribution in [-0.4, -0.2) is 48.3 Å². The topological polar surface area (TPSA) is 86.3 Å². The summed E-state index contributed by atoms with van der Waals surface area (Å²) in [5.41, 5.74) is 1.88. The number of benzene rings is 2. The van der Waals surface area contributed by atoms with E-state index in [0.717, 1.165) is 11.1 Å². The Kier molecular flexibility index (Phi) is 5.82. The van der Waals surface area contributed by atoms with Crippen LogP contribution in [0, 0.1) is 6.92 Å². The lowest BCUT2D eigenvalue weighted by Gasteiger charge is -2.47. The van der Waals surface area contributed by atoms with Gasteiger partial charge in [0.05, 0.1) is 6.61 Å². The number of carbonyl (C=O) groups is 1. The maximum atomic E-state index is 11.8. The highest BCUT2D eigenvalue weighted by molar-refractivity contribution is 5.73. The number of carbonyl (C=O) groups excluding carboxylic acids is 1. The molecule has 0 aliphatic carbocycles. The van der Waals surface area contributed by atoms with Crippen molar-refractivity contribution < 1.29 is 28.8 Å². The van der Waals surface area contributed by atoms with E-state index in [-0.39, 0.29) is 12.5 Å². The van der Waals surface area contributed by atoms with Crippen LogP contribution < -0.4 is 10.1 Å². The molecule has 2 fully saturated rings. The van der Waals surface area contributed by atoms with E-state index >= 15 is 0 Å². The molecule has 7 nitrogen and oxygen atoms in total. The fourth-order valence-corrected chi connectivity index (χ4v) is 3.68. The molecule has 1 amide bonds. The van der Waals surface area contributed by atoms with Gasteiger partial charge in [0.2, 0.25) is 12.2 Å². The van der Waals surface area contributed by atoms with Gasteiger partial charge in [-0.3, -0.25) is 4.79 Å². The normalized spacial score (nSPS) is 31.6. The Hall–Kier alpha value is -2.45. The summed E-state index contributed by atoms with van der Waals surface area (Å²) in [6.07, 6.45) is -3.70. The predicted octanol–water partition coefficient (Wildman–Crippen LogP) is 2.08. The Morgan fingerprint density at radius 2 is 1.93 bits per heavy atom. The number of nitrogens with one attached hydrogen (secondary N) is 1. The monoisotopic (exact) mass is 399 g/mol. The van der Waals surface area contributed by atoms with Crippen molar-refractivity contribution in [3.63, 3.8) is 0 Å². The molecule has 0 aromatic heterocycles. The first-order valence-electron chi connectivity index (χ1n) is 9.67. The van der Waals surface area contributed by atoms with Crippen LogP contribution in [0.4, 0.5) is 0 Å². The van der Waals surface area contributed by atoms with Gasteiger partial charge < -0.3 is 29.4 Å². The molecular weight excluding hydrogens is 374 g/mol. The van der Waals surface area contributed by atoms with E-state index in [4.69, 9.17) is 18.9 Å². The maximum absolute atomic E-state index is 11.8.